The van der Waals surface area contributed by atoms with E-state index in [1.54, 1.807) is 44.2 Å². The van der Waals surface area contributed by atoms with Gasteiger partial charge in [-0.05, 0) is 40.2 Å². The Morgan fingerprint density at radius 2 is 1.68 bits per heavy atom. The number of aromatic nitrogens is 1. The summed E-state index contributed by atoms with van der Waals surface area (Å²) in [6.45, 7) is 13.3. The van der Waals surface area contributed by atoms with Crippen LogP contribution in [-0.4, -0.2) is 46.3 Å². The molecule has 25 heavy (non-hydrogen) atoms. The van der Waals surface area contributed by atoms with Gasteiger partial charge in [0.1, 0.15) is 5.69 Å². The van der Waals surface area contributed by atoms with E-state index in [4.69, 9.17) is 4.74 Å². The molecule has 0 bridgehead atoms. The van der Waals surface area contributed by atoms with Gasteiger partial charge in [-0.3, -0.25) is 9.59 Å². The zero-order valence-electron chi connectivity index (χ0n) is 16.6. The second kappa shape index (κ2) is 8.32. The van der Waals surface area contributed by atoms with Crippen LogP contribution in [0.25, 0.3) is 0 Å². The molecule has 0 aromatic carbocycles. The number of esters is 1. The number of Topliss-reactive ketones (excluding diaryl/α,β-unsaturated/α-hetero) is 1. The Kier molecular flexibility index (Phi) is 6.96. The van der Waals surface area contributed by atoms with Crippen molar-refractivity contribution >= 4 is 17.7 Å². The number of ether oxygens (including phenoxy) is 1. The van der Waals surface area contributed by atoms with Gasteiger partial charge in [-0.15, -0.1) is 0 Å². The van der Waals surface area contributed by atoms with Gasteiger partial charge in [-0.2, -0.15) is 0 Å². The smallest absolute Gasteiger partial charge is 0.355 e. The third-order valence-corrected chi connectivity index (χ3v) is 4.61. The van der Waals surface area contributed by atoms with Crippen molar-refractivity contribution < 1.29 is 19.1 Å². The van der Waals surface area contributed by atoms with Crippen LogP contribution in [0.1, 0.15) is 66.7 Å². The van der Waals surface area contributed by atoms with Crippen LogP contribution >= 0.6 is 0 Å². The minimum Gasteiger partial charge on any atom is -0.461 e. The SMILES string of the molecule is CCOC(=O)c1c(C)c(C(=O)C(C)N(CC)C(=O)C(C)C)c(C)n1C. The van der Waals surface area contributed by atoms with E-state index >= 15 is 0 Å². The van der Waals surface area contributed by atoms with Crippen molar-refractivity contribution in [2.45, 2.75) is 54.5 Å². The molecule has 1 rings (SSSR count). The average molecular weight is 350 g/mol. The standard InChI is InChI=1S/C19H30N2O4/c1-9-21(18(23)11(3)4)14(7)17(22)15-12(5)16(19(24)25-10-2)20(8)13(15)6/h11,14H,9-10H2,1-8H3. The molecule has 0 spiro atoms. The summed E-state index contributed by atoms with van der Waals surface area (Å²) >= 11 is 0. The topological polar surface area (TPSA) is 68.6 Å². The van der Waals surface area contributed by atoms with Crippen molar-refractivity contribution in [1.82, 2.24) is 9.47 Å². The summed E-state index contributed by atoms with van der Waals surface area (Å²) in [5.74, 6) is -0.830. The van der Waals surface area contributed by atoms with E-state index in [0.29, 0.717) is 29.1 Å². The molecule has 0 radical (unpaired) electrons. The Hall–Kier alpha value is -2.11. The summed E-state index contributed by atoms with van der Waals surface area (Å²) in [6, 6.07) is -0.588. The largest absolute Gasteiger partial charge is 0.461 e. The van der Waals surface area contributed by atoms with Crippen LogP contribution in [0, 0.1) is 19.8 Å². The van der Waals surface area contributed by atoms with Gasteiger partial charge in [0.15, 0.2) is 5.78 Å². The summed E-state index contributed by atoms with van der Waals surface area (Å²) in [4.78, 5) is 39.3. The number of ketones is 1. The number of rotatable bonds is 7. The Labute approximate surface area is 150 Å². The fourth-order valence-corrected chi connectivity index (χ4v) is 3.13. The highest BCUT2D eigenvalue weighted by Crippen LogP contribution is 2.25. The maximum absolute atomic E-state index is 13.1. The molecular formula is C19H30N2O4. The molecule has 0 aliphatic rings. The fourth-order valence-electron chi connectivity index (χ4n) is 3.13. The lowest BCUT2D eigenvalue weighted by Crippen LogP contribution is -2.45. The first-order valence-corrected chi connectivity index (χ1v) is 8.77. The molecule has 0 fully saturated rings. The monoisotopic (exact) mass is 350 g/mol. The maximum Gasteiger partial charge on any atom is 0.355 e. The maximum atomic E-state index is 13.1. The zero-order valence-corrected chi connectivity index (χ0v) is 16.6. The molecular weight excluding hydrogens is 320 g/mol. The number of carbonyl (C=O) groups excluding carboxylic acids is 3. The lowest BCUT2D eigenvalue weighted by Gasteiger charge is -2.29. The van der Waals surface area contributed by atoms with Gasteiger partial charge in [0.25, 0.3) is 0 Å². The van der Waals surface area contributed by atoms with Crippen LogP contribution < -0.4 is 0 Å². The van der Waals surface area contributed by atoms with E-state index < -0.39 is 12.0 Å². The second-order valence-electron chi connectivity index (χ2n) is 6.53. The van der Waals surface area contributed by atoms with Crippen LogP contribution in [0.3, 0.4) is 0 Å². The summed E-state index contributed by atoms with van der Waals surface area (Å²) in [6.07, 6.45) is 0. The summed E-state index contributed by atoms with van der Waals surface area (Å²) in [7, 11) is 1.74. The number of hydrogen-bond donors (Lipinski definition) is 0. The second-order valence-corrected chi connectivity index (χ2v) is 6.53. The van der Waals surface area contributed by atoms with Gasteiger partial charge in [0.2, 0.25) is 5.91 Å². The molecule has 0 saturated carbocycles. The molecule has 1 heterocycles. The van der Waals surface area contributed by atoms with Crippen molar-refractivity contribution in [2.75, 3.05) is 13.2 Å². The van der Waals surface area contributed by atoms with E-state index in [1.807, 2.05) is 20.8 Å². The first kappa shape index (κ1) is 20.9. The quantitative estimate of drug-likeness (QED) is 0.560. The lowest BCUT2D eigenvalue weighted by molar-refractivity contribution is -0.135. The van der Waals surface area contributed by atoms with Gasteiger partial charge in [-0.1, -0.05) is 13.8 Å². The minimum absolute atomic E-state index is 0.0554. The molecule has 1 unspecified atom stereocenters. The van der Waals surface area contributed by atoms with E-state index in [2.05, 4.69) is 0 Å². The molecule has 1 aromatic heterocycles. The predicted octanol–water partition coefficient (Wildman–Crippen LogP) is 2.89. The van der Waals surface area contributed by atoms with Crippen molar-refractivity contribution in [3.05, 3.63) is 22.5 Å². The number of likely N-dealkylation sites (N-methyl/N-ethyl adjacent to an activating group) is 1. The molecule has 0 aliphatic heterocycles. The highest BCUT2D eigenvalue weighted by Gasteiger charge is 2.32. The third kappa shape index (κ3) is 3.94. The molecule has 0 saturated heterocycles. The molecule has 0 N–H and O–H groups in total. The van der Waals surface area contributed by atoms with Crippen molar-refractivity contribution in [3.8, 4) is 0 Å². The molecule has 1 amide bonds. The van der Waals surface area contributed by atoms with E-state index in [9.17, 15) is 14.4 Å². The normalized spacial score (nSPS) is 12.2. The third-order valence-electron chi connectivity index (χ3n) is 4.61. The Morgan fingerprint density at radius 3 is 2.12 bits per heavy atom. The first-order valence-electron chi connectivity index (χ1n) is 8.77. The molecule has 6 nitrogen and oxygen atoms in total. The highest BCUT2D eigenvalue weighted by molar-refractivity contribution is 6.06. The van der Waals surface area contributed by atoms with Crippen molar-refractivity contribution in [3.63, 3.8) is 0 Å². The number of hydrogen-bond acceptors (Lipinski definition) is 4. The summed E-state index contributed by atoms with van der Waals surface area (Å²) in [5.41, 5.74) is 2.18. The first-order chi connectivity index (χ1) is 11.6. The van der Waals surface area contributed by atoms with E-state index in [-0.39, 0.29) is 24.2 Å². The van der Waals surface area contributed by atoms with Gasteiger partial charge in [0.05, 0.1) is 12.6 Å². The van der Waals surface area contributed by atoms with Crippen LogP contribution in [0.15, 0.2) is 0 Å². The number of carbonyl (C=O) groups is 3. The Bertz CT molecular complexity index is 673. The molecule has 1 atom stereocenters. The molecule has 6 heteroatoms. The Balaban J connectivity index is 3.32. The van der Waals surface area contributed by atoms with Crippen LogP contribution in [0.2, 0.25) is 0 Å². The van der Waals surface area contributed by atoms with E-state index in [1.165, 1.54) is 0 Å². The van der Waals surface area contributed by atoms with Gasteiger partial charge >= 0.3 is 5.97 Å². The predicted molar refractivity (Wildman–Crippen MR) is 96.9 cm³/mol. The number of amides is 1. The molecule has 0 aliphatic carbocycles. The van der Waals surface area contributed by atoms with Crippen LogP contribution in [0.5, 0.6) is 0 Å². The van der Waals surface area contributed by atoms with Crippen molar-refractivity contribution in [1.29, 1.82) is 0 Å². The summed E-state index contributed by atoms with van der Waals surface area (Å²) < 4.78 is 6.79. The fraction of sp³-hybridized carbons (Fsp3) is 0.632. The zero-order chi connectivity index (χ0) is 19.5. The highest BCUT2D eigenvalue weighted by atomic mass is 16.5. The number of nitrogens with zero attached hydrogens (tertiary/aromatic N) is 2. The molecule has 1 aromatic rings. The lowest BCUT2D eigenvalue weighted by atomic mass is 9.99. The van der Waals surface area contributed by atoms with E-state index in [0.717, 1.165) is 0 Å². The van der Waals surface area contributed by atoms with Gasteiger partial charge in [-0.25, -0.2) is 4.79 Å². The van der Waals surface area contributed by atoms with Crippen LogP contribution in [0.4, 0.5) is 0 Å². The Morgan fingerprint density at radius 1 is 1.12 bits per heavy atom. The summed E-state index contributed by atoms with van der Waals surface area (Å²) in [5, 5.41) is 0. The van der Waals surface area contributed by atoms with Gasteiger partial charge in [0, 0.05) is 30.8 Å². The minimum atomic E-state index is -0.588. The molecule has 140 valence electrons. The van der Waals surface area contributed by atoms with Crippen LogP contribution in [-0.2, 0) is 16.6 Å². The van der Waals surface area contributed by atoms with Gasteiger partial charge < -0.3 is 14.2 Å². The average Bonchev–Trinajstić information content (AvgIpc) is 2.76. The van der Waals surface area contributed by atoms with Crippen molar-refractivity contribution in [2.24, 2.45) is 13.0 Å².